The van der Waals surface area contributed by atoms with E-state index < -0.39 is 0 Å². The summed E-state index contributed by atoms with van der Waals surface area (Å²) in [5, 5.41) is 0. The van der Waals surface area contributed by atoms with Gasteiger partial charge in [0.15, 0.2) is 0 Å². The summed E-state index contributed by atoms with van der Waals surface area (Å²) in [5.74, 6) is 1.37. The highest BCUT2D eigenvalue weighted by Crippen LogP contribution is 2.77. The first-order valence-corrected chi connectivity index (χ1v) is 4.28. The summed E-state index contributed by atoms with van der Waals surface area (Å²) < 4.78 is 5.14. The molecule has 62 valence electrons. The number of ether oxygens (including phenoxy) is 1. The highest BCUT2D eigenvalue weighted by Gasteiger charge is 2.78. The summed E-state index contributed by atoms with van der Waals surface area (Å²) in [6.45, 7) is 5.82. The number of hydrogen-bond donors (Lipinski definition) is 0. The van der Waals surface area contributed by atoms with E-state index in [1.54, 1.807) is 0 Å². The zero-order valence-electron chi connectivity index (χ0n) is 7.26. The third-order valence-corrected chi connectivity index (χ3v) is 3.00. The monoisotopic (exact) mass is 154 g/mol. The Hall–Kier alpha value is -0.530. The Labute approximate surface area is 66.9 Å². The van der Waals surface area contributed by atoms with Crippen LogP contribution in [0, 0.1) is 17.3 Å². The number of carbonyl (C=O) groups excluding carboxylic acids is 1. The van der Waals surface area contributed by atoms with Gasteiger partial charge >= 0.3 is 5.97 Å². The van der Waals surface area contributed by atoms with Crippen LogP contribution in [0.3, 0.4) is 0 Å². The topological polar surface area (TPSA) is 26.3 Å². The fourth-order valence-electron chi connectivity index (χ4n) is 1.87. The van der Waals surface area contributed by atoms with Gasteiger partial charge in [-0.2, -0.15) is 0 Å². The number of hydrogen-bond acceptors (Lipinski definition) is 2. The molecule has 0 radical (unpaired) electrons. The Morgan fingerprint density at radius 1 is 1.55 bits per heavy atom. The van der Waals surface area contributed by atoms with Crippen molar-refractivity contribution in [2.45, 2.75) is 33.3 Å². The second kappa shape index (κ2) is 1.79. The number of fused-ring (bicyclic) bond motifs is 1. The van der Waals surface area contributed by atoms with E-state index >= 15 is 0 Å². The van der Waals surface area contributed by atoms with Crippen molar-refractivity contribution in [1.82, 2.24) is 0 Å². The van der Waals surface area contributed by atoms with Gasteiger partial charge in [0.1, 0.15) is 0 Å². The molecular formula is C9H14O2. The summed E-state index contributed by atoms with van der Waals surface area (Å²) >= 11 is 0. The molecule has 0 aliphatic heterocycles. The molecule has 0 N–H and O–H groups in total. The van der Waals surface area contributed by atoms with E-state index in [0.29, 0.717) is 11.8 Å². The molecule has 2 fully saturated rings. The molecule has 2 unspecified atom stereocenters. The molecule has 0 aromatic carbocycles. The van der Waals surface area contributed by atoms with Gasteiger partial charge in [-0.1, -0.05) is 0 Å². The van der Waals surface area contributed by atoms with Crippen LogP contribution in [0.2, 0.25) is 0 Å². The van der Waals surface area contributed by atoms with Crippen LogP contribution >= 0.6 is 0 Å². The van der Waals surface area contributed by atoms with E-state index in [4.69, 9.17) is 4.74 Å². The maximum atomic E-state index is 11.4. The van der Waals surface area contributed by atoms with Gasteiger partial charge in [-0.25, -0.2) is 0 Å². The third kappa shape index (κ3) is 0.815. The Balaban J connectivity index is 1.91. The van der Waals surface area contributed by atoms with E-state index in [1.165, 1.54) is 6.42 Å². The highest BCUT2D eigenvalue weighted by molar-refractivity contribution is 5.83. The Kier molecular flexibility index (Phi) is 1.16. The summed E-state index contributed by atoms with van der Waals surface area (Å²) in [4.78, 5) is 11.4. The summed E-state index contributed by atoms with van der Waals surface area (Å²) in [6.07, 6.45) is 1.29. The Morgan fingerprint density at radius 2 is 2.09 bits per heavy atom. The molecule has 2 nitrogen and oxygen atoms in total. The van der Waals surface area contributed by atoms with Crippen molar-refractivity contribution in [3.05, 3.63) is 0 Å². The molecule has 0 heterocycles. The molecule has 0 bridgehead atoms. The van der Waals surface area contributed by atoms with Gasteiger partial charge in [0.2, 0.25) is 0 Å². The van der Waals surface area contributed by atoms with Crippen LogP contribution in [0.5, 0.6) is 0 Å². The lowest BCUT2D eigenvalue weighted by Crippen LogP contribution is -2.25. The molecule has 0 aromatic heterocycles. The second-order valence-electron chi connectivity index (χ2n) is 4.19. The van der Waals surface area contributed by atoms with Crippen LogP contribution < -0.4 is 0 Å². The first kappa shape index (κ1) is 7.14. The average molecular weight is 154 g/mol. The maximum Gasteiger partial charge on any atom is 0.312 e. The molecule has 2 saturated carbocycles. The minimum atomic E-state index is -0.0652. The van der Waals surface area contributed by atoms with Crippen LogP contribution in [0.4, 0.5) is 0 Å². The molecule has 0 aromatic rings. The van der Waals surface area contributed by atoms with Gasteiger partial charge in [-0.05, 0) is 39.0 Å². The lowest BCUT2D eigenvalue weighted by atomic mass is 9.98. The van der Waals surface area contributed by atoms with Gasteiger partial charge < -0.3 is 4.74 Å². The standard InChI is InChI=1S/C9H14O2/c1-5(2)11-8(10)9(3)6-4-7(6)9/h5-7H,4H2,1-3H3. The minimum Gasteiger partial charge on any atom is -0.463 e. The van der Waals surface area contributed by atoms with Gasteiger partial charge in [0, 0.05) is 0 Å². The largest absolute Gasteiger partial charge is 0.463 e. The molecule has 2 rings (SSSR count). The van der Waals surface area contributed by atoms with Crippen LogP contribution in [-0.4, -0.2) is 12.1 Å². The molecule has 2 heteroatoms. The molecular weight excluding hydrogens is 140 g/mol. The van der Waals surface area contributed by atoms with Gasteiger partial charge in [0.05, 0.1) is 11.5 Å². The zero-order chi connectivity index (χ0) is 8.22. The highest BCUT2D eigenvalue weighted by atomic mass is 16.5. The normalized spacial score (nSPS) is 45.1. The fourth-order valence-corrected chi connectivity index (χ4v) is 1.87. The van der Waals surface area contributed by atoms with Crippen molar-refractivity contribution in [2.24, 2.45) is 17.3 Å². The van der Waals surface area contributed by atoms with Crippen molar-refractivity contribution < 1.29 is 9.53 Å². The van der Waals surface area contributed by atoms with Gasteiger partial charge in [-0.15, -0.1) is 0 Å². The van der Waals surface area contributed by atoms with Gasteiger partial charge in [-0.3, -0.25) is 4.79 Å². The second-order valence-corrected chi connectivity index (χ2v) is 4.19. The molecule has 2 atom stereocenters. The van der Waals surface area contributed by atoms with Crippen molar-refractivity contribution >= 4 is 5.97 Å². The maximum absolute atomic E-state index is 11.4. The van der Waals surface area contributed by atoms with E-state index in [9.17, 15) is 4.79 Å². The molecule has 0 spiro atoms. The number of rotatable bonds is 2. The fraction of sp³-hybridized carbons (Fsp3) is 0.889. The predicted octanol–water partition coefficient (Wildman–Crippen LogP) is 1.59. The van der Waals surface area contributed by atoms with E-state index in [0.717, 1.165) is 0 Å². The quantitative estimate of drug-likeness (QED) is 0.565. The molecule has 0 saturated heterocycles. The first-order valence-electron chi connectivity index (χ1n) is 4.28. The van der Waals surface area contributed by atoms with Crippen molar-refractivity contribution in [1.29, 1.82) is 0 Å². The SMILES string of the molecule is CC(C)OC(=O)C1(C)C2CC21. The average Bonchev–Trinajstić information content (AvgIpc) is 2.69. The first-order chi connectivity index (χ1) is 5.06. The molecule has 2 aliphatic rings. The molecule has 11 heavy (non-hydrogen) atoms. The predicted molar refractivity (Wildman–Crippen MR) is 40.9 cm³/mol. The molecule has 2 aliphatic carbocycles. The van der Waals surface area contributed by atoms with E-state index in [2.05, 4.69) is 0 Å². The van der Waals surface area contributed by atoms with E-state index in [1.807, 2.05) is 20.8 Å². The van der Waals surface area contributed by atoms with Gasteiger partial charge in [0.25, 0.3) is 0 Å². The minimum absolute atomic E-state index is 0.0220. The van der Waals surface area contributed by atoms with E-state index in [-0.39, 0.29) is 17.5 Å². The van der Waals surface area contributed by atoms with Crippen LogP contribution in [0.1, 0.15) is 27.2 Å². The lowest BCUT2D eigenvalue weighted by Gasteiger charge is -2.17. The zero-order valence-corrected chi connectivity index (χ0v) is 7.26. The van der Waals surface area contributed by atoms with Crippen LogP contribution in [0.25, 0.3) is 0 Å². The molecule has 0 amide bonds. The Morgan fingerprint density at radius 3 is 2.36 bits per heavy atom. The van der Waals surface area contributed by atoms with Crippen LogP contribution in [-0.2, 0) is 9.53 Å². The smallest absolute Gasteiger partial charge is 0.312 e. The summed E-state index contributed by atoms with van der Waals surface area (Å²) in [5.41, 5.74) is -0.0652. The van der Waals surface area contributed by atoms with Crippen LogP contribution in [0.15, 0.2) is 0 Å². The summed E-state index contributed by atoms with van der Waals surface area (Å²) in [7, 11) is 0. The number of esters is 1. The lowest BCUT2D eigenvalue weighted by molar-refractivity contribution is -0.155. The van der Waals surface area contributed by atoms with Crippen molar-refractivity contribution in [3.8, 4) is 0 Å². The van der Waals surface area contributed by atoms with Crippen molar-refractivity contribution in [2.75, 3.05) is 0 Å². The Bertz CT molecular complexity index is 200. The summed E-state index contributed by atoms with van der Waals surface area (Å²) in [6, 6.07) is 0. The third-order valence-electron chi connectivity index (χ3n) is 3.00. The van der Waals surface area contributed by atoms with Crippen molar-refractivity contribution in [3.63, 3.8) is 0 Å². The number of carbonyl (C=O) groups is 1.